The lowest BCUT2D eigenvalue weighted by Crippen LogP contribution is -1.95. The normalized spacial score (nSPS) is 11.8. The van der Waals surface area contributed by atoms with Crippen LogP contribution in [0.15, 0.2) is 24.3 Å². The van der Waals surface area contributed by atoms with E-state index < -0.39 is 0 Å². The Labute approximate surface area is 133 Å². The molecule has 1 unspecified atom stereocenters. The molecule has 1 rings (SSSR count). The van der Waals surface area contributed by atoms with Crippen LogP contribution in [0.2, 0.25) is 0 Å². The van der Waals surface area contributed by atoms with Crippen LogP contribution < -0.4 is 0 Å². The van der Waals surface area contributed by atoms with Crippen LogP contribution in [-0.4, -0.2) is 0 Å². The molecule has 0 amide bonds. The molecule has 0 aliphatic heterocycles. The molecule has 0 saturated carbocycles. The van der Waals surface area contributed by atoms with Crippen molar-refractivity contribution in [3.63, 3.8) is 0 Å². The van der Waals surface area contributed by atoms with Gasteiger partial charge in [0.2, 0.25) is 0 Å². The molecule has 0 nitrogen and oxygen atoms in total. The number of benzene rings is 1. The molecule has 0 bridgehead atoms. The molecule has 0 fully saturated rings. The summed E-state index contributed by atoms with van der Waals surface area (Å²) >= 11 is 0. The van der Waals surface area contributed by atoms with Crippen molar-refractivity contribution in [2.24, 2.45) is 17.8 Å². The lowest BCUT2D eigenvalue weighted by molar-refractivity contribution is 0.457. The summed E-state index contributed by atoms with van der Waals surface area (Å²) in [5.41, 5.74) is 2.53. The second-order valence-electron chi connectivity index (χ2n) is 6.84. The van der Waals surface area contributed by atoms with Gasteiger partial charge in [-0.15, -0.1) is 0 Å². The smallest absolute Gasteiger partial charge is 0.0245 e. The maximum Gasteiger partial charge on any atom is 0.0245 e. The minimum absolute atomic E-state index is 0.444. The summed E-state index contributed by atoms with van der Waals surface area (Å²) < 4.78 is 0. The quantitative estimate of drug-likeness (QED) is 0.556. The van der Waals surface area contributed by atoms with Crippen molar-refractivity contribution >= 4 is 0 Å². The zero-order valence-electron chi connectivity index (χ0n) is 15.3. The Balaban J connectivity index is 0.000000567. The highest BCUT2D eigenvalue weighted by atomic mass is 14.1. The molecule has 0 aliphatic rings. The number of rotatable bonds is 3. The minimum Gasteiger partial charge on any atom is -0.0951 e. The Hall–Kier alpha value is -1.22. The molecule has 1 aromatic carbocycles. The van der Waals surface area contributed by atoms with Crippen molar-refractivity contribution in [3.05, 3.63) is 35.4 Å². The maximum absolute atomic E-state index is 3.18. The van der Waals surface area contributed by atoms with Gasteiger partial charge in [-0.25, -0.2) is 0 Å². The van der Waals surface area contributed by atoms with Gasteiger partial charge in [-0.2, -0.15) is 0 Å². The second kappa shape index (κ2) is 10.5. The van der Waals surface area contributed by atoms with E-state index in [2.05, 4.69) is 91.5 Å². The van der Waals surface area contributed by atoms with E-state index in [9.17, 15) is 0 Å². The van der Waals surface area contributed by atoms with Crippen LogP contribution in [0, 0.1) is 29.6 Å². The maximum atomic E-state index is 3.18. The first-order valence-corrected chi connectivity index (χ1v) is 8.39. The molecule has 0 aromatic heterocycles. The van der Waals surface area contributed by atoms with Gasteiger partial charge in [0, 0.05) is 11.5 Å². The summed E-state index contributed by atoms with van der Waals surface area (Å²) in [5, 5.41) is 0. The first-order chi connectivity index (χ1) is 9.77. The van der Waals surface area contributed by atoms with Gasteiger partial charge in [0.25, 0.3) is 0 Å². The van der Waals surface area contributed by atoms with E-state index in [1.165, 1.54) is 12.0 Å². The monoisotopic (exact) mass is 286 g/mol. The number of hydrogen-bond acceptors (Lipinski definition) is 0. The molecule has 1 atom stereocenters. The predicted octanol–water partition coefficient (Wildman–Crippen LogP) is 6.51. The van der Waals surface area contributed by atoms with Crippen molar-refractivity contribution in [2.75, 3.05) is 0 Å². The van der Waals surface area contributed by atoms with E-state index in [1.807, 2.05) is 0 Å². The fourth-order valence-electron chi connectivity index (χ4n) is 1.36. The third kappa shape index (κ3) is 9.35. The fraction of sp³-hybridized carbons (Fsp3) is 0.619. The topological polar surface area (TPSA) is 0 Å². The van der Waals surface area contributed by atoms with Gasteiger partial charge in [0.05, 0.1) is 0 Å². The summed E-state index contributed by atoms with van der Waals surface area (Å²) in [5.74, 6) is 9.15. The Morgan fingerprint density at radius 1 is 0.810 bits per heavy atom. The average Bonchev–Trinajstić information content (AvgIpc) is 2.45. The molecule has 0 radical (unpaired) electrons. The zero-order valence-corrected chi connectivity index (χ0v) is 15.3. The van der Waals surface area contributed by atoms with E-state index in [4.69, 9.17) is 0 Å². The Morgan fingerprint density at radius 2 is 1.29 bits per heavy atom. The van der Waals surface area contributed by atoms with E-state index in [1.54, 1.807) is 0 Å². The average molecular weight is 287 g/mol. The highest BCUT2D eigenvalue weighted by Crippen LogP contribution is 2.18. The van der Waals surface area contributed by atoms with E-state index >= 15 is 0 Å². The third-order valence-corrected chi connectivity index (χ3v) is 3.93. The predicted molar refractivity (Wildman–Crippen MR) is 96.5 cm³/mol. The minimum atomic E-state index is 0.444. The summed E-state index contributed by atoms with van der Waals surface area (Å²) in [6, 6.07) is 8.63. The van der Waals surface area contributed by atoms with Gasteiger partial charge in [-0.3, -0.25) is 0 Å². The van der Waals surface area contributed by atoms with Gasteiger partial charge >= 0.3 is 0 Å². The Kier molecular flexibility index (Phi) is 9.89. The van der Waals surface area contributed by atoms with Crippen molar-refractivity contribution in [1.82, 2.24) is 0 Å². The van der Waals surface area contributed by atoms with Crippen molar-refractivity contribution in [3.8, 4) is 11.8 Å². The van der Waals surface area contributed by atoms with E-state index in [0.717, 1.165) is 17.4 Å². The summed E-state index contributed by atoms with van der Waals surface area (Å²) in [7, 11) is 0. The molecule has 118 valence electrons. The number of hydrogen-bond donors (Lipinski definition) is 0. The lowest BCUT2D eigenvalue weighted by Gasteiger charge is -2.07. The second-order valence-corrected chi connectivity index (χ2v) is 6.84. The summed E-state index contributed by atoms with van der Waals surface area (Å²) in [6.45, 7) is 17.7. The molecule has 0 aliphatic carbocycles. The summed E-state index contributed by atoms with van der Waals surface area (Å²) in [4.78, 5) is 0. The molecule has 0 saturated heterocycles. The van der Waals surface area contributed by atoms with Crippen molar-refractivity contribution < 1.29 is 0 Å². The molecule has 0 spiro atoms. The fourth-order valence-corrected chi connectivity index (χ4v) is 1.36. The lowest BCUT2D eigenvalue weighted by atomic mass is 9.98. The molecule has 21 heavy (non-hydrogen) atoms. The van der Waals surface area contributed by atoms with Crippen LogP contribution in [-0.2, 0) is 0 Å². The largest absolute Gasteiger partial charge is 0.0951 e. The third-order valence-electron chi connectivity index (χ3n) is 3.93. The molecule has 0 heteroatoms. The molecule has 1 aromatic rings. The van der Waals surface area contributed by atoms with Gasteiger partial charge in [0.15, 0.2) is 0 Å². The zero-order chi connectivity index (χ0) is 16.4. The van der Waals surface area contributed by atoms with Crippen molar-refractivity contribution in [2.45, 2.75) is 67.7 Å². The first-order valence-electron chi connectivity index (χ1n) is 8.39. The van der Waals surface area contributed by atoms with E-state index in [-0.39, 0.29) is 0 Å². The van der Waals surface area contributed by atoms with Crippen molar-refractivity contribution in [1.29, 1.82) is 0 Å². The van der Waals surface area contributed by atoms with Gasteiger partial charge in [-0.05, 0) is 41.9 Å². The van der Waals surface area contributed by atoms with Crippen LogP contribution >= 0.6 is 0 Å². The SMILES string of the molecule is CC(C)C(C)C.CCC(C)c1ccc(C#CC(C)C)cc1. The molecular weight excluding hydrogens is 252 g/mol. The molecule has 0 heterocycles. The van der Waals surface area contributed by atoms with Crippen LogP contribution in [0.5, 0.6) is 0 Å². The van der Waals surface area contributed by atoms with Crippen LogP contribution in [0.1, 0.15) is 78.9 Å². The standard InChI is InChI=1S/C15H20.C6H14/c1-5-13(4)15-10-8-14(9-11-15)7-6-12(2)3;1-5(2)6(3)4/h8-13H,5H2,1-4H3;5-6H,1-4H3. The Bertz CT molecular complexity index is 417. The summed E-state index contributed by atoms with van der Waals surface area (Å²) in [6.07, 6.45) is 1.19. The van der Waals surface area contributed by atoms with Gasteiger partial charge < -0.3 is 0 Å². The molecular formula is C21H34. The Morgan fingerprint density at radius 3 is 1.62 bits per heavy atom. The van der Waals surface area contributed by atoms with Crippen LogP contribution in [0.3, 0.4) is 0 Å². The highest BCUT2D eigenvalue weighted by Gasteiger charge is 2.01. The van der Waals surface area contributed by atoms with Crippen LogP contribution in [0.25, 0.3) is 0 Å². The van der Waals surface area contributed by atoms with E-state index in [0.29, 0.717) is 11.8 Å². The van der Waals surface area contributed by atoms with Gasteiger partial charge in [-0.1, -0.05) is 79.4 Å². The molecule has 0 N–H and O–H groups in total. The highest BCUT2D eigenvalue weighted by molar-refractivity contribution is 5.37. The van der Waals surface area contributed by atoms with Gasteiger partial charge in [0.1, 0.15) is 0 Å². The first kappa shape index (κ1) is 19.8. The van der Waals surface area contributed by atoms with Crippen LogP contribution in [0.4, 0.5) is 0 Å².